The second-order valence-corrected chi connectivity index (χ2v) is 7.11. The molecular formula is C19H22N6O2. The number of hydrogen-bond donors (Lipinski definition) is 1. The predicted octanol–water partition coefficient (Wildman–Crippen LogP) is 2.54. The van der Waals surface area contributed by atoms with Gasteiger partial charge in [0.25, 0.3) is 11.6 Å². The Balaban J connectivity index is 1.48. The fourth-order valence-electron chi connectivity index (χ4n) is 3.39. The first kappa shape index (κ1) is 17.4. The molecule has 1 fully saturated rings. The number of carbonyl (C=O) groups excluding carboxylic acids is 1. The molecule has 8 nitrogen and oxygen atoms in total. The zero-order chi connectivity index (χ0) is 18.8. The van der Waals surface area contributed by atoms with Crippen molar-refractivity contribution in [2.75, 3.05) is 18.0 Å². The molecule has 4 rings (SSSR count). The Kier molecular flexibility index (Phi) is 4.70. The summed E-state index contributed by atoms with van der Waals surface area (Å²) in [6.07, 6.45) is 6.90. The van der Waals surface area contributed by atoms with Crippen molar-refractivity contribution in [1.29, 1.82) is 0 Å². The SMILES string of the molecule is CC(C)c1noc2ncc(C(=O)N[C@@H]3CCCN(c4ncccn4)C3)cc12. The monoisotopic (exact) mass is 366 g/mol. The van der Waals surface area contributed by atoms with Crippen LogP contribution in [0.5, 0.6) is 0 Å². The summed E-state index contributed by atoms with van der Waals surface area (Å²) in [5, 5.41) is 7.97. The predicted molar refractivity (Wildman–Crippen MR) is 101 cm³/mol. The van der Waals surface area contributed by atoms with E-state index in [0.29, 0.717) is 23.8 Å². The Labute approximate surface area is 157 Å². The van der Waals surface area contributed by atoms with Gasteiger partial charge in [0.15, 0.2) is 0 Å². The number of nitrogens with zero attached hydrogens (tertiary/aromatic N) is 5. The van der Waals surface area contributed by atoms with Gasteiger partial charge >= 0.3 is 0 Å². The third-order valence-electron chi connectivity index (χ3n) is 4.76. The minimum Gasteiger partial charge on any atom is -0.347 e. The van der Waals surface area contributed by atoms with E-state index >= 15 is 0 Å². The first-order valence-corrected chi connectivity index (χ1v) is 9.20. The minimum absolute atomic E-state index is 0.0396. The van der Waals surface area contributed by atoms with E-state index < -0.39 is 0 Å². The molecular weight excluding hydrogens is 344 g/mol. The smallest absolute Gasteiger partial charge is 0.257 e. The lowest BCUT2D eigenvalue weighted by molar-refractivity contribution is 0.0933. The number of rotatable bonds is 4. The van der Waals surface area contributed by atoms with Gasteiger partial charge in [0.05, 0.1) is 16.6 Å². The van der Waals surface area contributed by atoms with Crippen molar-refractivity contribution < 1.29 is 9.32 Å². The van der Waals surface area contributed by atoms with Gasteiger partial charge in [-0.3, -0.25) is 4.79 Å². The van der Waals surface area contributed by atoms with E-state index in [2.05, 4.69) is 30.3 Å². The molecule has 0 aromatic carbocycles. The highest BCUT2D eigenvalue weighted by molar-refractivity contribution is 5.97. The van der Waals surface area contributed by atoms with Crippen LogP contribution in [-0.4, -0.2) is 45.1 Å². The van der Waals surface area contributed by atoms with E-state index in [9.17, 15) is 4.79 Å². The lowest BCUT2D eigenvalue weighted by atomic mass is 10.0. The van der Waals surface area contributed by atoms with Gasteiger partial charge in [-0.25, -0.2) is 15.0 Å². The molecule has 3 aromatic rings. The van der Waals surface area contributed by atoms with Crippen molar-refractivity contribution in [3.8, 4) is 0 Å². The van der Waals surface area contributed by atoms with E-state index in [-0.39, 0.29) is 17.9 Å². The summed E-state index contributed by atoms with van der Waals surface area (Å²) < 4.78 is 5.24. The number of fused-ring (bicyclic) bond motifs is 1. The Morgan fingerprint density at radius 1 is 1.30 bits per heavy atom. The maximum atomic E-state index is 12.8. The van der Waals surface area contributed by atoms with Crippen molar-refractivity contribution in [2.24, 2.45) is 0 Å². The molecule has 1 N–H and O–H groups in total. The molecule has 0 radical (unpaired) electrons. The average Bonchev–Trinajstić information content (AvgIpc) is 3.12. The standard InChI is InChI=1S/C19H22N6O2/c1-12(2)16-15-9-13(10-22-18(15)27-24-16)17(26)23-14-5-3-8-25(11-14)19-20-6-4-7-21-19/h4,6-7,9-10,12,14H,3,5,8,11H2,1-2H3,(H,23,26)/t14-/m1/s1. The molecule has 1 atom stereocenters. The lowest BCUT2D eigenvalue weighted by Gasteiger charge is -2.33. The average molecular weight is 366 g/mol. The molecule has 1 aliphatic heterocycles. The Hall–Kier alpha value is -3.03. The second kappa shape index (κ2) is 7.30. The van der Waals surface area contributed by atoms with Crippen molar-refractivity contribution in [1.82, 2.24) is 25.4 Å². The third kappa shape index (κ3) is 3.60. The molecule has 3 aromatic heterocycles. The lowest BCUT2D eigenvalue weighted by Crippen LogP contribution is -2.48. The Morgan fingerprint density at radius 2 is 2.11 bits per heavy atom. The number of amides is 1. The number of carbonyl (C=O) groups is 1. The summed E-state index contributed by atoms with van der Waals surface area (Å²) in [5.74, 6) is 0.760. The normalized spacial score (nSPS) is 17.4. The molecule has 4 heterocycles. The quantitative estimate of drug-likeness (QED) is 0.758. The summed E-state index contributed by atoms with van der Waals surface area (Å²) in [4.78, 5) is 27.7. The zero-order valence-corrected chi connectivity index (χ0v) is 15.4. The Morgan fingerprint density at radius 3 is 2.89 bits per heavy atom. The van der Waals surface area contributed by atoms with Crippen LogP contribution in [0.25, 0.3) is 11.1 Å². The van der Waals surface area contributed by atoms with Gasteiger partial charge < -0.3 is 14.7 Å². The van der Waals surface area contributed by atoms with Crippen molar-refractivity contribution in [3.63, 3.8) is 0 Å². The van der Waals surface area contributed by atoms with E-state index in [0.717, 1.165) is 30.5 Å². The van der Waals surface area contributed by atoms with Crippen molar-refractivity contribution in [3.05, 3.63) is 42.0 Å². The molecule has 0 spiro atoms. The highest BCUT2D eigenvalue weighted by Crippen LogP contribution is 2.24. The van der Waals surface area contributed by atoms with Crippen LogP contribution in [0.3, 0.4) is 0 Å². The van der Waals surface area contributed by atoms with Gasteiger partial charge in [-0.1, -0.05) is 19.0 Å². The summed E-state index contributed by atoms with van der Waals surface area (Å²) in [6, 6.07) is 3.65. The van der Waals surface area contributed by atoms with Gasteiger partial charge in [0.2, 0.25) is 5.95 Å². The molecule has 0 aliphatic carbocycles. The van der Waals surface area contributed by atoms with Crippen LogP contribution in [-0.2, 0) is 0 Å². The molecule has 0 saturated carbocycles. The maximum absolute atomic E-state index is 12.8. The molecule has 1 amide bonds. The van der Waals surface area contributed by atoms with Crippen LogP contribution < -0.4 is 10.2 Å². The van der Waals surface area contributed by atoms with Crippen LogP contribution >= 0.6 is 0 Å². The van der Waals surface area contributed by atoms with E-state index in [1.165, 1.54) is 6.20 Å². The molecule has 0 bridgehead atoms. The molecule has 1 aliphatic rings. The minimum atomic E-state index is -0.138. The van der Waals surface area contributed by atoms with Crippen LogP contribution in [0.2, 0.25) is 0 Å². The number of pyridine rings is 1. The second-order valence-electron chi connectivity index (χ2n) is 7.11. The van der Waals surface area contributed by atoms with Gasteiger partial charge in [0, 0.05) is 37.7 Å². The topological polar surface area (TPSA) is 97.0 Å². The summed E-state index contributed by atoms with van der Waals surface area (Å²) >= 11 is 0. The fraction of sp³-hybridized carbons (Fsp3) is 0.421. The molecule has 27 heavy (non-hydrogen) atoms. The van der Waals surface area contributed by atoms with Crippen LogP contribution in [0.4, 0.5) is 5.95 Å². The van der Waals surface area contributed by atoms with E-state index in [1.54, 1.807) is 18.5 Å². The van der Waals surface area contributed by atoms with Crippen molar-refractivity contribution in [2.45, 2.75) is 38.6 Å². The van der Waals surface area contributed by atoms with Gasteiger partial charge in [-0.15, -0.1) is 0 Å². The first-order valence-electron chi connectivity index (χ1n) is 9.20. The molecule has 1 saturated heterocycles. The van der Waals surface area contributed by atoms with Gasteiger partial charge in [-0.2, -0.15) is 0 Å². The van der Waals surface area contributed by atoms with E-state index in [1.807, 2.05) is 19.9 Å². The van der Waals surface area contributed by atoms with Crippen LogP contribution in [0, 0.1) is 0 Å². The number of hydrogen-bond acceptors (Lipinski definition) is 7. The fourth-order valence-corrected chi connectivity index (χ4v) is 3.39. The summed E-state index contributed by atoms with van der Waals surface area (Å²) in [6.45, 7) is 5.65. The molecule has 0 unspecified atom stereocenters. The van der Waals surface area contributed by atoms with Crippen LogP contribution in [0.1, 0.15) is 48.7 Å². The highest BCUT2D eigenvalue weighted by atomic mass is 16.5. The number of piperidine rings is 1. The maximum Gasteiger partial charge on any atom is 0.257 e. The van der Waals surface area contributed by atoms with Gasteiger partial charge in [-0.05, 0) is 30.9 Å². The summed E-state index contributed by atoms with van der Waals surface area (Å²) in [7, 11) is 0. The Bertz CT molecular complexity index is 940. The van der Waals surface area contributed by atoms with E-state index in [4.69, 9.17) is 4.52 Å². The molecule has 140 valence electrons. The van der Waals surface area contributed by atoms with Crippen molar-refractivity contribution >= 4 is 23.0 Å². The largest absolute Gasteiger partial charge is 0.347 e. The number of nitrogens with one attached hydrogen (secondary N) is 1. The summed E-state index contributed by atoms with van der Waals surface area (Å²) in [5.41, 5.74) is 1.79. The first-order chi connectivity index (χ1) is 13.1. The highest BCUT2D eigenvalue weighted by Gasteiger charge is 2.24. The number of anilines is 1. The number of aromatic nitrogens is 4. The van der Waals surface area contributed by atoms with Crippen LogP contribution in [0.15, 0.2) is 35.2 Å². The molecule has 8 heteroatoms. The third-order valence-corrected chi connectivity index (χ3v) is 4.76. The zero-order valence-electron chi connectivity index (χ0n) is 15.4. The van der Waals surface area contributed by atoms with Gasteiger partial charge in [0.1, 0.15) is 0 Å².